The third kappa shape index (κ3) is 4.45. The van der Waals surface area contributed by atoms with Gasteiger partial charge in [0.15, 0.2) is 11.5 Å². The van der Waals surface area contributed by atoms with Crippen molar-refractivity contribution in [2.45, 2.75) is 44.7 Å². The van der Waals surface area contributed by atoms with Crippen LogP contribution in [0.25, 0.3) is 0 Å². The number of carbonyl (C=O) groups excluding carboxylic acids is 1. The van der Waals surface area contributed by atoms with Crippen LogP contribution >= 0.6 is 0 Å². The Hall–Kier alpha value is -2.57. The van der Waals surface area contributed by atoms with Crippen molar-refractivity contribution in [1.29, 1.82) is 0 Å². The van der Waals surface area contributed by atoms with E-state index in [2.05, 4.69) is 35.8 Å². The molecule has 0 aliphatic carbocycles. The molecule has 0 bridgehead atoms. The topological polar surface area (TPSA) is 68.8 Å². The highest BCUT2D eigenvalue weighted by molar-refractivity contribution is 5.81. The quantitative estimate of drug-likeness (QED) is 0.734. The number of carbonyl (C=O) groups is 1. The number of rotatable bonds is 7. The summed E-state index contributed by atoms with van der Waals surface area (Å²) < 4.78 is 16.7. The molecule has 1 fully saturated rings. The second-order valence-corrected chi connectivity index (χ2v) is 8.21. The highest BCUT2D eigenvalue weighted by atomic mass is 16.7. The van der Waals surface area contributed by atoms with Gasteiger partial charge in [0.25, 0.3) is 0 Å². The molecule has 0 radical (unpaired) electrons. The zero-order valence-corrected chi connectivity index (χ0v) is 17.7. The lowest BCUT2D eigenvalue weighted by Gasteiger charge is -2.38. The van der Waals surface area contributed by atoms with Gasteiger partial charge in [0, 0.05) is 31.7 Å². The number of amides is 1. The fraction of sp³-hybridized carbons (Fsp3) is 0.458. The van der Waals surface area contributed by atoms with Gasteiger partial charge in [0.1, 0.15) is 0 Å². The average Bonchev–Trinajstić information content (AvgIpc) is 3.25. The highest BCUT2D eigenvalue weighted by Gasteiger charge is 2.36. The molecule has 2 aromatic carbocycles. The predicted molar refractivity (Wildman–Crippen MR) is 115 cm³/mol. The molecular weight excluding hydrogens is 380 g/mol. The Morgan fingerprint density at radius 1 is 1.10 bits per heavy atom. The van der Waals surface area contributed by atoms with Crippen LogP contribution < -0.4 is 20.1 Å². The second kappa shape index (κ2) is 9.06. The third-order valence-corrected chi connectivity index (χ3v) is 6.29. The van der Waals surface area contributed by atoms with Crippen molar-refractivity contribution in [3.63, 3.8) is 0 Å². The van der Waals surface area contributed by atoms with Crippen molar-refractivity contribution < 1.29 is 19.0 Å². The number of hydrogen-bond donors (Lipinski definition) is 2. The Balaban J connectivity index is 1.40. The average molecular weight is 411 g/mol. The lowest BCUT2D eigenvalue weighted by Crippen LogP contribution is -2.49. The smallest absolute Gasteiger partial charge is 0.237 e. The fourth-order valence-corrected chi connectivity index (χ4v) is 4.14. The summed E-state index contributed by atoms with van der Waals surface area (Å²) in [5.74, 6) is 1.59. The minimum atomic E-state index is -0.289. The zero-order valence-electron chi connectivity index (χ0n) is 17.7. The summed E-state index contributed by atoms with van der Waals surface area (Å²) in [7, 11) is 0. The first-order chi connectivity index (χ1) is 14.6. The first-order valence-electron chi connectivity index (χ1n) is 10.6. The molecule has 6 nitrogen and oxygen atoms in total. The van der Waals surface area contributed by atoms with Crippen LogP contribution in [0.1, 0.15) is 36.5 Å². The van der Waals surface area contributed by atoms with Gasteiger partial charge in [0.05, 0.1) is 6.04 Å². The van der Waals surface area contributed by atoms with E-state index in [4.69, 9.17) is 14.2 Å². The van der Waals surface area contributed by atoms with Crippen LogP contribution in [0.5, 0.6) is 11.5 Å². The molecule has 2 aromatic rings. The van der Waals surface area contributed by atoms with E-state index in [0.29, 0.717) is 26.3 Å². The van der Waals surface area contributed by atoms with Crippen LogP contribution in [0, 0.1) is 6.92 Å². The van der Waals surface area contributed by atoms with Crippen LogP contribution in [0.2, 0.25) is 0 Å². The molecule has 2 N–H and O–H groups in total. The summed E-state index contributed by atoms with van der Waals surface area (Å²) in [6, 6.07) is 14.0. The summed E-state index contributed by atoms with van der Waals surface area (Å²) in [6.45, 7) is 6.91. The molecule has 2 heterocycles. The molecule has 6 heteroatoms. The van der Waals surface area contributed by atoms with Crippen molar-refractivity contribution in [3.8, 4) is 11.5 Å². The van der Waals surface area contributed by atoms with Gasteiger partial charge in [-0.15, -0.1) is 0 Å². The maximum atomic E-state index is 12.7. The number of fused-ring (bicyclic) bond motifs is 1. The van der Waals surface area contributed by atoms with E-state index in [1.807, 2.05) is 31.2 Å². The number of nitrogens with one attached hydrogen (secondary N) is 2. The van der Waals surface area contributed by atoms with E-state index in [0.717, 1.165) is 29.9 Å². The van der Waals surface area contributed by atoms with Crippen LogP contribution in [-0.2, 0) is 21.5 Å². The maximum absolute atomic E-state index is 12.7. The molecule has 30 heavy (non-hydrogen) atoms. The zero-order chi connectivity index (χ0) is 21.0. The number of hydrogen-bond acceptors (Lipinski definition) is 5. The van der Waals surface area contributed by atoms with Crippen LogP contribution in [0.3, 0.4) is 0 Å². The molecule has 2 aliphatic rings. The van der Waals surface area contributed by atoms with E-state index in [9.17, 15) is 4.79 Å². The van der Waals surface area contributed by atoms with Crippen molar-refractivity contribution in [2.75, 3.05) is 26.6 Å². The number of ether oxygens (including phenoxy) is 3. The minimum Gasteiger partial charge on any atom is -0.454 e. The normalized spacial score (nSPS) is 18.1. The van der Waals surface area contributed by atoms with Crippen molar-refractivity contribution in [2.24, 2.45) is 0 Å². The van der Waals surface area contributed by atoms with Gasteiger partial charge >= 0.3 is 0 Å². The lowest BCUT2D eigenvalue weighted by molar-refractivity contribution is -0.123. The van der Waals surface area contributed by atoms with Gasteiger partial charge in [-0.1, -0.05) is 30.3 Å². The van der Waals surface area contributed by atoms with Crippen LogP contribution in [0.15, 0.2) is 42.5 Å². The predicted octanol–water partition coefficient (Wildman–Crippen LogP) is 3.07. The Bertz CT molecular complexity index is 893. The maximum Gasteiger partial charge on any atom is 0.237 e. The largest absolute Gasteiger partial charge is 0.454 e. The molecule has 1 atom stereocenters. The monoisotopic (exact) mass is 410 g/mol. The summed E-state index contributed by atoms with van der Waals surface area (Å²) in [4.78, 5) is 12.7. The Morgan fingerprint density at radius 3 is 2.67 bits per heavy atom. The van der Waals surface area contributed by atoms with E-state index in [1.54, 1.807) is 0 Å². The third-order valence-electron chi connectivity index (χ3n) is 6.29. The first-order valence-corrected chi connectivity index (χ1v) is 10.6. The van der Waals surface area contributed by atoms with E-state index in [1.165, 1.54) is 11.1 Å². The van der Waals surface area contributed by atoms with E-state index >= 15 is 0 Å². The Labute approximate surface area is 177 Å². The molecular formula is C24H30N2O4. The van der Waals surface area contributed by atoms with Gasteiger partial charge in [-0.25, -0.2) is 0 Å². The lowest BCUT2D eigenvalue weighted by atomic mass is 9.74. The summed E-state index contributed by atoms with van der Waals surface area (Å²) in [6.07, 6.45) is 1.80. The minimum absolute atomic E-state index is 0.00569. The molecule has 0 saturated carbocycles. The van der Waals surface area contributed by atoms with Gasteiger partial charge < -0.3 is 24.8 Å². The van der Waals surface area contributed by atoms with Crippen molar-refractivity contribution in [3.05, 3.63) is 59.2 Å². The number of benzene rings is 2. The van der Waals surface area contributed by atoms with Gasteiger partial charge in [-0.2, -0.15) is 0 Å². The van der Waals surface area contributed by atoms with E-state index in [-0.39, 0.29) is 24.2 Å². The van der Waals surface area contributed by atoms with E-state index < -0.39 is 0 Å². The SMILES string of the molecule is Cc1ccccc1CNC(=O)C(C)NCC1(c2ccc3c(c2)OCO3)CCOCC1. The molecule has 0 spiro atoms. The molecule has 160 valence electrons. The molecule has 1 amide bonds. The molecule has 1 unspecified atom stereocenters. The Kier molecular flexibility index (Phi) is 6.25. The summed E-state index contributed by atoms with van der Waals surface area (Å²) in [5.41, 5.74) is 3.43. The van der Waals surface area contributed by atoms with Gasteiger partial charge in [0.2, 0.25) is 12.7 Å². The fourth-order valence-electron chi connectivity index (χ4n) is 4.14. The molecule has 1 saturated heterocycles. The van der Waals surface area contributed by atoms with Gasteiger partial charge in [-0.3, -0.25) is 4.79 Å². The van der Waals surface area contributed by atoms with Crippen molar-refractivity contribution >= 4 is 5.91 Å². The Morgan fingerprint density at radius 2 is 1.87 bits per heavy atom. The summed E-state index contributed by atoms with van der Waals surface area (Å²) in [5, 5.41) is 6.52. The molecule has 4 rings (SSSR count). The first kappa shape index (κ1) is 20.7. The van der Waals surface area contributed by atoms with Gasteiger partial charge in [-0.05, 0) is 55.5 Å². The number of aryl methyl sites for hydroxylation is 1. The molecule has 2 aliphatic heterocycles. The standard InChI is InChI=1S/C24H30N2O4/c1-17-5-3-4-6-19(17)14-25-23(27)18(2)26-15-24(9-11-28-12-10-24)20-7-8-21-22(13-20)30-16-29-21/h3-8,13,18,26H,9-12,14-16H2,1-2H3,(H,25,27). The van der Waals surface area contributed by atoms with Crippen LogP contribution in [-0.4, -0.2) is 38.5 Å². The van der Waals surface area contributed by atoms with Crippen molar-refractivity contribution in [1.82, 2.24) is 10.6 Å². The highest BCUT2D eigenvalue weighted by Crippen LogP contribution is 2.40. The molecule has 0 aromatic heterocycles. The van der Waals surface area contributed by atoms with Crippen LogP contribution in [0.4, 0.5) is 0 Å². The summed E-state index contributed by atoms with van der Waals surface area (Å²) >= 11 is 0. The second-order valence-electron chi connectivity index (χ2n) is 8.21.